The van der Waals surface area contributed by atoms with E-state index in [9.17, 15) is 4.79 Å². The molecular weight excluding hydrogens is 412 g/mol. The number of nitrogens with one attached hydrogen (secondary N) is 1. The van der Waals surface area contributed by atoms with E-state index in [4.69, 9.17) is 0 Å². The van der Waals surface area contributed by atoms with Crippen molar-refractivity contribution in [2.45, 2.75) is 11.8 Å². The number of benzene rings is 4. The quantitative estimate of drug-likeness (QED) is 0.304. The van der Waals surface area contributed by atoms with Crippen LogP contribution >= 0.6 is 11.3 Å². The number of hydrogen-bond acceptors (Lipinski definition) is 3. The van der Waals surface area contributed by atoms with Crippen molar-refractivity contribution < 1.29 is 4.79 Å². The molecule has 0 atom stereocenters. The number of hydrogen-bond donors (Lipinski definition) is 1. The van der Waals surface area contributed by atoms with Gasteiger partial charge in [0.1, 0.15) is 0 Å². The zero-order chi connectivity index (χ0) is 21.8. The fourth-order valence-electron chi connectivity index (χ4n) is 4.30. The van der Waals surface area contributed by atoms with E-state index in [0.29, 0.717) is 5.13 Å². The number of carbonyl (C=O) groups is 1. The molecule has 156 valence electrons. The molecule has 0 saturated carbocycles. The molecule has 0 radical (unpaired) electrons. The summed E-state index contributed by atoms with van der Waals surface area (Å²) < 4.78 is 1.06. The highest BCUT2D eigenvalue weighted by atomic mass is 32.1. The summed E-state index contributed by atoms with van der Waals surface area (Å²) in [6.07, 6.45) is 0.265. The number of carbonyl (C=O) groups excluding carboxylic acids is 1. The minimum absolute atomic E-state index is 0.0689. The highest BCUT2D eigenvalue weighted by molar-refractivity contribution is 7.22. The van der Waals surface area contributed by atoms with E-state index in [1.54, 1.807) is 0 Å². The zero-order valence-electron chi connectivity index (χ0n) is 17.4. The molecule has 0 bridgehead atoms. The van der Waals surface area contributed by atoms with Crippen LogP contribution in [0.25, 0.3) is 10.2 Å². The molecule has 0 spiro atoms. The number of anilines is 1. The molecule has 0 fully saturated rings. The third kappa shape index (κ3) is 3.81. The van der Waals surface area contributed by atoms with Gasteiger partial charge in [-0.3, -0.25) is 4.79 Å². The van der Waals surface area contributed by atoms with Crippen LogP contribution in [0.3, 0.4) is 0 Å². The maximum atomic E-state index is 13.5. The van der Waals surface area contributed by atoms with Crippen molar-refractivity contribution in [3.8, 4) is 0 Å². The number of amides is 1. The first-order chi connectivity index (χ1) is 15.8. The van der Waals surface area contributed by atoms with E-state index >= 15 is 0 Å². The number of aromatic nitrogens is 1. The Morgan fingerprint density at radius 1 is 0.688 bits per heavy atom. The molecule has 5 rings (SSSR count). The molecule has 4 aromatic carbocycles. The van der Waals surface area contributed by atoms with Crippen molar-refractivity contribution in [1.29, 1.82) is 0 Å². The van der Waals surface area contributed by atoms with Crippen molar-refractivity contribution in [2.24, 2.45) is 0 Å². The molecule has 32 heavy (non-hydrogen) atoms. The third-order valence-electron chi connectivity index (χ3n) is 5.77. The molecule has 1 heterocycles. The van der Waals surface area contributed by atoms with Crippen molar-refractivity contribution in [1.82, 2.24) is 4.98 Å². The van der Waals surface area contributed by atoms with Gasteiger partial charge in [0.05, 0.1) is 15.6 Å². The number of thiazole rings is 1. The molecule has 0 aliphatic rings. The molecule has 3 nitrogen and oxygen atoms in total. The Morgan fingerprint density at radius 2 is 1.16 bits per heavy atom. The summed E-state index contributed by atoms with van der Waals surface area (Å²) in [7, 11) is 0. The predicted octanol–water partition coefficient (Wildman–Crippen LogP) is 6.66. The maximum Gasteiger partial charge on any atom is 0.227 e. The van der Waals surface area contributed by atoms with Gasteiger partial charge in [-0.15, -0.1) is 0 Å². The van der Waals surface area contributed by atoms with Crippen molar-refractivity contribution in [3.05, 3.63) is 132 Å². The fourth-order valence-corrected chi connectivity index (χ4v) is 5.19. The summed E-state index contributed by atoms with van der Waals surface area (Å²) in [5, 5.41) is 3.69. The van der Waals surface area contributed by atoms with Crippen LogP contribution in [-0.2, 0) is 10.2 Å². The van der Waals surface area contributed by atoms with E-state index in [2.05, 4.69) is 46.7 Å². The van der Waals surface area contributed by atoms with Gasteiger partial charge >= 0.3 is 0 Å². The first-order valence-corrected chi connectivity index (χ1v) is 11.4. The average Bonchev–Trinajstić information content (AvgIpc) is 3.26. The highest BCUT2D eigenvalue weighted by Crippen LogP contribution is 2.42. The van der Waals surface area contributed by atoms with E-state index in [1.165, 1.54) is 11.3 Å². The molecule has 0 saturated heterocycles. The molecule has 1 N–H and O–H groups in total. The van der Waals surface area contributed by atoms with Gasteiger partial charge in [-0.2, -0.15) is 0 Å². The topological polar surface area (TPSA) is 42.0 Å². The Bertz CT molecular complexity index is 1200. The van der Waals surface area contributed by atoms with Gasteiger partial charge in [-0.25, -0.2) is 4.98 Å². The summed E-state index contributed by atoms with van der Waals surface area (Å²) in [6, 6.07) is 38.7. The molecule has 1 amide bonds. The van der Waals surface area contributed by atoms with Crippen LogP contribution in [0.1, 0.15) is 23.1 Å². The van der Waals surface area contributed by atoms with Crippen LogP contribution < -0.4 is 5.32 Å². The molecular formula is C28H22N2OS. The average molecular weight is 435 g/mol. The van der Waals surface area contributed by atoms with Crippen molar-refractivity contribution in [3.63, 3.8) is 0 Å². The number of rotatable bonds is 6. The van der Waals surface area contributed by atoms with Crippen LogP contribution in [0.2, 0.25) is 0 Å². The summed E-state index contributed by atoms with van der Waals surface area (Å²) in [6.45, 7) is 0. The minimum atomic E-state index is -0.620. The van der Waals surface area contributed by atoms with Crippen LogP contribution in [0.15, 0.2) is 115 Å². The Hall–Kier alpha value is -3.76. The maximum absolute atomic E-state index is 13.5. The number of fused-ring (bicyclic) bond motifs is 1. The Kier molecular flexibility index (Phi) is 5.53. The largest absolute Gasteiger partial charge is 0.302 e. The Balaban J connectivity index is 1.60. The van der Waals surface area contributed by atoms with Gasteiger partial charge in [0, 0.05) is 6.42 Å². The van der Waals surface area contributed by atoms with E-state index < -0.39 is 5.41 Å². The van der Waals surface area contributed by atoms with E-state index in [0.717, 1.165) is 26.9 Å². The Morgan fingerprint density at radius 3 is 1.66 bits per heavy atom. The van der Waals surface area contributed by atoms with E-state index in [-0.39, 0.29) is 12.3 Å². The lowest BCUT2D eigenvalue weighted by atomic mass is 9.67. The summed E-state index contributed by atoms with van der Waals surface area (Å²) in [5.41, 5.74) is 3.52. The monoisotopic (exact) mass is 434 g/mol. The van der Waals surface area contributed by atoms with Crippen LogP contribution in [0.4, 0.5) is 5.13 Å². The van der Waals surface area contributed by atoms with Crippen LogP contribution in [-0.4, -0.2) is 10.9 Å². The minimum Gasteiger partial charge on any atom is -0.302 e. The van der Waals surface area contributed by atoms with Crippen LogP contribution in [0.5, 0.6) is 0 Å². The first-order valence-electron chi connectivity index (χ1n) is 10.6. The van der Waals surface area contributed by atoms with Crippen LogP contribution in [0, 0.1) is 0 Å². The van der Waals surface area contributed by atoms with Crippen molar-refractivity contribution in [2.75, 3.05) is 5.32 Å². The second kappa shape index (κ2) is 8.77. The van der Waals surface area contributed by atoms with Crippen molar-refractivity contribution >= 4 is 32.6 Å². The Labute approximate surface area is 191 Å². The van der Waals surface area contributed by atoms with Gasteiger partial charge in [0.15, 0.2) is 5.13 Å². The standard InChI is InChI=1S/C28H22N2OS/c31-26(30-27-29-24-18-10-11-19-25(24)32-27)20-28(21-12-4-1-5-13-21,22-14-6-2-7-15-22)23-16-8-3-9-17-23/h1-19H,20H2,(H,29,30,31). The lowest BCUT2D eigenvalue weighted by Gasteiger charge is -2.35. The lowest BCUT2D eigenvalue weighted by molar-refractivity contribution is -0.116. The third-order valence-corrected chi connectivity index (χ3v) is 6.72. The highest BCUT2D eigenvalue weighted by Gasteiger charge is 2.38. The van der Waals surface area contributed by atoms with Gasteiger partial charge in [-0.05, 0) is 28.8 Å². The summed E-state index contributed by atoms with van der Waals surface area (Å²) in [4.78, 5) is 18.1. The molecule has 5 aromatic rings. The van der Waals surface area contributed by atoms with Gasteiger partial charge < -0.3 is 5.32 Å². The summed E-state index contributed by atoms with van der Waals surface area (Å²) in [5.74, 6) is -0.0689. The lowest BCUT2D eigenvalue weighted by Crippen LogP contribution is -2.34. The second-order valence-corrected chi connectivity index (χ2v) is 8.75. The fraction of sp³-hybridized carbons (Fsp3) is 0.0714. The molecule has 0 unspecified atom stereocenters. The van der Waals surface area contributed by atoms with E-state index in [1.807, 2.05) is 78.9 Å². The van der Waals surface area contributed by atoms with Gasteiger partial charge in [0.2, 0.25) is 5.91 Å². The normalized spacial score (nSPS) is 11.4. The number of nitrogens with zero attached hydrogens (tertiary/aromatic N) is 1. The van der Waals surface area contributed by atoms with Gasteiger partial charge in [0.25, 0.3) is 0 Å². The predicted molar refractivity (Wildman–Crippen MR) is 132 cm³/mol. The second-order valence-electron chi connectivity index (χ2n) is 7.72. The molecule has 4 heteroatoms. The first kappa shape index (κ1) is 20.2. The number of para-hydroxylation sites is 1. The smallest absolute Gasteiger partial charge is 0.227 e. The molecule has 1 aromatic heterocycles. The molecule has 0 aliphatic carbocycles. The zero-order valence-corrected chi connectivity index (χ0v) is 18.3. The summed E-state index contributed by atoms with van der Waals surface area (Å²) >= 11 is 1.50. The SMILES string of the molecule is O=C(CC(c1ccccc1)(c1ccccc1)c1ccccc1)Nc1nc2ccccc2s1. The van der Waals surface area contributed by atoms with Gasteiger partial charge in [-0.1, -0.05) is 114 Å². The molecule has 0 aliphatic heterocycles.